The summed E-state index contributed by atoms with van der Waals surface area (Å²) in [6.45, 7) is 12.0. The Hall–Kier alpha value is -0.883. The molecule has 0 unspecified atom stereocenters. The maximum absolute atomic E-state index is 6.04. The average Bonchev–Trinajstić information content (AvgIpc) is 2.88. The van der Waals surface area contributed by atoms with E-state index in [0.29, 0.717) is 6.73 Å². The van der Waals surface area contributed by atoms with Crippen LogP contribution in [0.4, 0.5) is 0 Å². The molecule has 3 rings (SSSR count). The molecular weight excluding hydrogens is 404 g/mol. The Kier molecular flexibility index (Phi) is 6.78. The van der Waals surface area contributed by atoms with Crippen LogP contribution in [0.1, 0.15) is 12.0 Å². The van der Waals surface area contributed by atoms with E-state index in [1.165, 1.54) is 40.1 Å². The van der Waals surface area contributed by atoms with Crippen molar-refractivity contribution in [1.82, 2.24) is 9.47 Å². The molecule has 0 atom stereocenters. The van der Waals surface area contributed by atoms with Gasteiger partial charge in [0.15, 0.2) is 0 Å². The molecule has 0 bridgehead atoms. The van der Waals surface area contributed by atoms with Gasteiger partial charge in [-0.1, -0.05) is 50.0 Å². The van der Waals surface area contributed by atoms with Gasteiger partial charge < -0.3 is 9.30 Å². The summed E-state index contributed by atoms with van der Waals surface area (Å²) in [5, 5.41) is 1.35. The monoisotopic (exact) mass is 434 g/mol. The second-order valence-corrected chi connectivity index (χ2v) is 14.7. The van der Waals surface area contributed by atoms with Gasteiger partial charge in [-0.25, -0.2) is 0 Å². The third-order valence-electron chi connectivity index (χ3n) is 5.04. The van der Waals surface area contributed by atoms with Crippen LogP contribution in [0.15, 0.2) is 41.0 Å². The summed E-state index contributed by atoms with van der Waals surface area (Å²) in [4.78, 5) is 2.53. The van der Waals surface area contributed by atoms with Crippen LogP contribution < -0.4 is 0 Å². The Labute approximate surface area is 167 Å². The number of rotatable bonds is 8. The largest absolute Gasteiger partial charge is 0.361 e. The van der Waals surface area contributed by atoms with E-state index >= 15 is 0 Å². The first-order valence-electron chi connectivity index (χ1n) is 9.66. The average molecular weight is 435 g/mol. The molecule has 0 spiro atoms. The van der Waals surface area contributed by atoms with Crippen LogP contribution in [0.3, 0.4) is 0 Å². The van der Waals surface area contributed by atoms with Crippen molar-refractivity contribution in [2.24, 2.45) is 0 Å². The summed E-state index contributed by atoms with van der Waals surface area (Å²) < 4.78 is 9.50. The SMILES string of the molecule is C[Si](C)(C)CCOCn1c(Br)c(CCN2CC=CCC2)c2ccccc21. The van der Waals surface area contributed by atoms with Crippen LogP contribution in [0.2, 0.25) is 25.7 Å². The molecule has 142 valence electrons. The highest BCUT2D eigenvalue weighted by atomic mass is 79.9. The molecule has 1 aromatic carbocycles. The van der Waals surface area contributed by atoms with Gasteiger partial charge in [-0.2, -0.15) is 0 Å². The second kappa shape index (κ2) is 8.87. The third kappa shape index (κ3) is 5.09. The van der Waals surface area contributed by atoms with Gasteiger partial charge >= 0.3 is 0 Å². The first-order valence-corrected chi connectivity index (χ1v) is 14.2. The van der Waals surface area contributed by atoms with E-state index in [4.69, 9.17) is 4.74 Å². The lowest BCUT2D eigenvalue weighted by Gasteiger charge is -2.22. The summed E-state index contributed by atoms with van der Waals surface area (Å²) in [6.07, 6.45) is 6.81. The normalized spacial score (nSPS) is 15.8. The fourth-order valence-electron chi connectivity index (χ4n) is 3.41. The van der Waals surface area contributed by atoms with Gasteiger partial charge in [0.25, 0.3) is 0 Å². The predicted octanol–water partition coefficient (Wildman–Crippen LogP) is 5.52. The number of aromatic nitrogens is 1. The Bertz CT molecular complexity index is 763. The van der Waals surface area contributed by atoms with Gasteiger partial charge in [-0.05, 0) is 46.4 Å². The molecule has 5 heteroatoms. The molecule has 0 aliphatic carbocycles. The van der Waals surface area contributed by atoms with Crippen LogP contribution in [0.5, 0.6) is 0 Å². The minimum Gasteiger partial charge on any atom is -0.361 e. The van der Waals surface area contributed by atoms with Crippen molar-refractivity contribution in [2.45, 2.75) is 45.3 Å². The number of hydrogen-bond donors (Lipinski definition) is 0. The highest BCUT2D eigenvalue weighted by Gasteiger charge is 2.17. The standard InChI is InChI=1S/C21H31BrN2OSi/c1-26(2,3)16-15-25-17-24-20-10-6-5-9-18(20)19(21(24)22)11-14-23-12-7-4-8-13-23/h4-7,9-10H,8,11-17H2,1-3H3. The highest BCUT2D eigenvalue weighted by molar-refractivity contribution is 9.10. The van der Waals surface area contributed by atoms with E-state index in [-0.39, 0.29) is 0 Å². The maximum Gasteiger partial charge on any atom is 0.123 e. The summed E-state index contributed by atoms with van der Waals surface area (Å²) >= 11 is 3.87. The van der Waals surface area contributed by atoms with Crippen LogP contribution in [-0.4, -0.2) is 43.8 Å². The van der Waals surface area contributed by atoms with Gasteiger partial charge in [0.05, 0.1) is 10.1 Å². The molecule has 0 saturated carbocycles. The third-order valence-corrected chi connectivity index (χ3v) is 7.65. The van der Waals surface area contributed by atoms with Crippen LogP contribution in [0.25, 0.3) is 10.9 Å². The lowest BCUT2D eigenvalue weighted by Crippen LogP contribution is -2.29. The molecule has 3 nitrogen and oxygen atoms in total. The van der Waals surface area contributed by atoms with Gasteiger partial charge in [0.2, 0.25) is 0 Å². The van der Waals surface area contributed by atoms with Crippen molar-refractivity contribution in [3.63, 3.8) is 0 Å². The molecule has 1 aliphatic heterocycles. The van der Waals surface area contributed by atoms with Crippen molar-refractivity contribution >= 4 is 34.9 Å². The zero-order chi connectivity index (χ0) is 18.6. The minimum atomic E-state index is -1.05. The van der Waals surface area contributed by atoms with Crippen molar-refractivity contribution in [2.75, 3.05) is 26.2 Å². The molecule has 1 aromatic heterocycles. The Morgan fingerprint density at radius 3 is 2.69 bits per heavy atom. The number of fused-ring (bicyclic) bond motifs is 1. The Balaban J connectivity index is 1.72. The van der Waals surface area contributed by atoms with Crippen molar-refractivity contribution in [1.29, 1.82) is 0 Å². The predicted molar refractivity (Wildman–Crippen MR) is 118 cm³/mol. The molecular formula is C21H31BrN2OSi. The molecule has 26 heavy (non-hydrogen) atoms. The minimum absolute atomic E-state index is 0.623. The zero-order valence-electron chi connectivity index (χ0n) is 16.3. The Morgan fingerprint density at radius 2 is 1.96 bits per heavy atom. The van der Waals surface area contributed by atoms with Crippen LogP contribution in [-0.2, 0) is 17.9 Å². The summed E-state index contributed by atoms with van der Waals surface area (Å²) in [7, 11) is -1.05. The summed E-state index contributed by atoms with van der Waals surface area (Å²) in [6, 6.07) is 9.91. The van der Waals surface area contributed by atoms with Crippen molar-refractivity contribution in [3.05, 3.63) is 46.6 Å². The Morgan fingerprint density at radius 1 is 1.15 bits per heavy atom. The molecule has 2 aromatic rings. The molecule has 0 amide bonds. The fraction of sp³-hybridized carbons (Fsp3) is 0.524. The van der Waals surface area contributed by atoms with E-state index < -0.39 is 8.07 Å². The molecule has 0 radical (unpaired) electrons. The van der Waals surface area contributed by atoms with E-state index in [1.807, 2.05) is 0 Å². The number of ether oxygens (including phenoxy) is 1. The lowest BCUT2D eigenvalue weighted by atomic mass is 10.1. The first-order chi connectivity index (χ1) is 12.5. The lowest BCUT2D eigenvalue weighted by molar-refractivity contribution is 0.0887. The highest BCUT2D eigenvalue weighted by Crippen LogP contribution is 2.31. The quantitative estimate of drug-likeness (QED) is 0.309. The molecule has 0 saturated heterocycles. The fourth-order valence-corrected chi connectivity index (χ4v) is 4.87. The molecule has 1 aliphatic rings. The summed E-state index contributed by atoms with van der Waals surface area (Å²) in [5.41, 5.74) is 2.67. The number of para-hydroxylation sites is 1. The van der Waals surface area contributed by atoms with E-state index in [0.717, 1.165) is 26.1 Å². The molecule has 2 heterocycles. The van der Waals surface area contributed by atoms with Crippen LogP contribution >= 0.6 is 15.9 Å². The number of halogens is 1. The van der Waals surface area contributed by atoms with E-state index in [2.05, 4.69) is 81.5 Å². The van der Waals surface area contributed by atoms with Gasteiger partial charge in [-0.15, -0.1) is 0 Å². The summed E-state index contributed by atoms with van der Waals surface area (Å²) in [5.74, 6) is 0. The molecule has 0 N–H and O–H groups in total. The van der Waals surface area contributed by atoms with Crippen LogP contribution in [0, 0.1) is 0 Å². The van der Waals surface area contributed by atoms with E-state index in [9.17, 15) is 0 Å². The van der Waals surface area contributed by atoms with Gasteiger partial charge in [0.1, 0.15) is 6.73 Å². The first kappa shape index (κ1) is 19.9. The smallest absolute Gasteiger partial charge is 0.123 e. The van der Waals surface area contributed by atoms with Gasteiger partial charge in [0, 0.05) is 39.7 Å². The van der Waals surface area contributed by atoms with E-state index in [1.54, 1.807) is 0 Å². The number of nitrogens with zero attached hydrogens (tertiary/aromatic N) is 2. The van der Waals surface area contributed by atoms with Gasteiger partial charge in [-0.3, -0.25) is 4.90 Å². The molecule has 0 fully saturated rings. The number of benzene rings is 1. The van der Waals surface area contributed by atoms with Crippen molar-refractivity contribution in [3.8, 4) is 0 Å². The number of hydrogen-bond acceptors (Lipinski definition) is 2. The van der Waals surface area contributed by atoms with Crippen molar-refractivity contribution < 1.29 is 4.74 Å². The topological polar surface area (TPSA) is 17.4 Å². The maximum atomic E-state index is 6.04. The zero-order valence-corrected chi connectivity index (χ0v) is 18.9. The second-order valence-electron chi connectivity index (χ2n) is 8.37.